The number of fused-ring (bicyclic) bond motifs is 1. The molecule has 1 aliphatic rings. The molecule has 0 unspecified atom stereocenters. The van der Waals surface area contributed by atoms with E-state index < -0.39 is 10.9 Å². The van der Waals surface area contributed by atoms with Crippen molar-refractivity contribution in [2.45, 2.75) is 33.0 Å². The summed E-state index contributed by atoms with van der Waals surface area (Å²) in [7, 11) is 0. The minimum absolute atomic E-state index is 0.0279. The fourth-order valence-corrected chi connectivity index (χ4v) is 3.45. The summed E-state index contributed by atoms with van der Waals surface area (Å²) in [5.41, 5.74) is 1.80. The van der Waals surface area contributed by atoms with Crippen LogP contribution >= 0.6 is 0 Å². The Morgan fingerprint density at radius 1 is 1.35 bits per heavy atom. The maximum absolute atomic E-state index is 12.9. The van der Waals surface area contributed by atoms with Gasteiger partial charge >= 0.3 is 5.97 Å². The highest BCUT2D eigenvalue weighted by Crippen LogP contribution is 2.33. The van der Waals surface area contributed by atoms with Gasteiger partial charge in [-0.05, 0) is 18.1 Å². The van der Waals surface area contributed by atoms with Gasteiger partial charge in [0, 0.05) is 29.5 Å². The van der Waals surface area contributed by atoms with Gasteiger partial charge in [0.15, 0.2) is 12.6 Å². The Morgan fingerprint density at radius 2 is 2.19 bits per heavy atom. The molecule has 0 aliphatic carbocycles. The molecule has 31 heavy (non-hydrogen) atoms. The summed E-state index contributed by atoms with van der Waals surface area (Å²) in [5, 5.41) is 15.6. The van der Waals surface area contributed by atoms with Gasteiger partial charge in [0.25, 0.3) is 5.69 Å². The minimum Gasteiger partial charge on any atom is -0.467 e. The number of rotatable bonds is 6. The van der Waals surface area contributed by atoms with Gasteiger partial charge in [-0.2, -0.15) is 5.10 Å². The Labute approximate surface area is 177 Å². The number of nitro benzene ring substituents is 1. The predicted octanol–water partition coefficient (Wildman–Crippen LogP) is 3.52. The smallest absolute Gasteiger partial charge is 0.341 e. The lowest BCUT2D eigenvalue weighted by molar-refractivity contribution is -0.385. The molecule has 0 N–H and O–H groups in total. The number of pyridine rings is 1. The Bertz CT molecular complexity index is 1130. The molecular formula is C21H20N4O6. The van der Waals surface area contributed by atoms with E-state index in [4.69, 9.17) is 14.2 Å². The molecule has 2 aromatic heterocycles. The van der Waals surface area contributed by atoms with E-state index in [0.717, 1.165) is 0 Å². The second-order valence-electron chi connectivity index (χ2n) is 7.23. The third-order valence-corrected chi connectivity index (χ3v) is 4.78. The van der Waals surface area contributed by atoms with Crippen molar-refractivity contribution in [3.8, 4) is 11.6 Å². The molecular weight excluding hydrogens is 404 g/mol. The van der Waals surface area contributed by atoms with Crippen molar-refractivity contribution in [1.82, 2.24) is 14.8 Å². The SMILES string of the molecule is CC(C)c1c(C(=O)OCc2cc([N+](=O)[O-])cc3c2OCOC3)cnn1-c1ccccn1. The van der Waals surface area contributed by atoms with Gasteiger partial charge in [0.05, 0.1) is 23.4 Å². The van der Waals surface area contributed by atoms with Crippen LogP contribution in [0.5, 0.6) is 5.75 Å². The van der Waals surface area contributed by atoms with E-state index in [9.17, 15) is 14.9 Å². The predicted molar refractivity (Wildman–Crippen MR) is 108 cm³/mol. The maximum atomic E-state index is 12.9. The molecule has 160 valence electrons. The van der Waals surface area contributed by atoms with Crippen LogP contribution in [0.25, 0.3) is 5.82 Å². The van der Waals surface area contributed by atoms with Crippen LogP contribution in [0.15, 0.2) is 42.7 Å². The van der Waals surface area contributed by atoms with E-state index in [1.165, 1.54) is 18.3 Å². The summed E-state index contributed by atoms with van der Waals surface area (Å²) in [5.74, 6) is 0.417. The van der Waals surface area contributed by atoms with Crippen molar-refractivity contribution < 1.29 is 23.9 Å². The molecule has 0 spiro atoms. The molecule has 0 atom stereocenters. The normalized spacial score (nSPS) is 12.9. The summed E-state index contributed by atoms with van der Waals surface area (Å²) in [6.07, 6.45) is 3.09. The summed E-state index contributed by atoms with van der Waals surface area (Å²) < 4.78 is 17.8. The number of hydrogen-bond acceptors (Lipinski definition) is 8. The highest BCUT2D eigenvalue weighted by Gasteiger charge is 2.25. The van der Waals surface area contributed by atoms with E-state index in [1.807, 2.05) is 19.9 Å². The van der Waals surface area contributed by atoms with Gasteiger partial charge in [-0.1, -0.05) is 19.9 Å². The molecule has 4 rings (SSSR count). The Morgan fingerprint density at radius 3 is 2.90 bits per heavy atom. The van der Waals surface area contributed by atoms with Crippen molar-refractivity contribution >= 4 is 11.7 Å². The molecule has 10 nitrogen and oxygen atoms in total. The first kappa shape index (κ1) is 20.5. The Balaban J connectivity index is 1.61. The number of aromatic nitrogens is 3. The number of ether oxygens (including phenoxy) is 3. The van der Waals surface area contributed by atoms with Gasteiger partial charge in [-0.15, -0.1) is 0 Å². The average molecular weight is 424 g/mol. The molecule has 1 aliphatic heterocycles. The quantitative estimate of drug-likeness (QED) is 0.335. The van der Waals surface area contributed by atoms with Crippen LogP contribution in [0.4, 0.5) is 5.69 Å². The van der Waals surface area contributed by atoms with Gasteiger partial charge in [0.2, 0.25) is 0 Å². The third kappa shape index (κ3) is 4.10. The van der Waals surface area contributed by atoms with Crippen molar-refractivity contribution in [1.29, 1.82) is 0 Å². The number of nitro groups is 1. The van der Waals surface area contributed by atoms with Crippen molar-refractivity contribution in [2.24, 2.45) is 0 Å². The number of benzene rings is 1. The molecule has 0 saturated carbocycles. The second-order valence-corrected chi connectivity index (χ2v) is 7.23. The Hall–Kier alpha value is -3.79. The summed E-state index contributed by atoms with van der Waals surface area (Å²) in [6.45, 7) is 3.91. The van der Waals surface area contributed by atoms with E-state index in [-0.39, 0.29) is 31.6 Å². The first-order valence-corrected chi connectivity index (χ1v) is 9.63. The average Bonchev–Trinajstić information content (AvgIpc) is 3.23. The number of esters is 1. The standard InChI is InChI=1S/C21H20N4O6/c1-13(2)19-17(9-23-24(19)18-5-3-4-6-22-18)21(26)30-11-15-8-16(25(27)28)7-14-10-29-12-31-20(14)15/h3-9,13H,10-12H2,1-2H3. The largest absolute Gasteiger partial charge is 0.467 e. The summed E-state index contributed by atoms with van der Waals surface area (Å²) in [4.78, 5) is 27.9. The van der Waals surface area contributed by atoms with Crippen LogP contribution in [0.1, 0.15) is 46.9 Å². The second kappa shape index (κ2) is 8.52. The fraction of sp³-hybridized carbons (Fsp3) is 0.286. The monoisotopic (exact) mass is 424 g/mol. The number of non-ortho nitro benzene ring substituents is 1. The Kier molecular flexibility index (Phi) is 5.63. The van der Waals surface area contributed by atoms with E-state index >= 15 is 0 Å². The van der Waals surface area contributed by atoms with Crippen LogP contribution in [0, 0.1) is 10.1 Å². The highest BCUT2D eigenvalue weighted by atomic mass is 16.7. The molecule has 0 radical (unpaired) electrons. The van der Waals surface area contributed by atoms with Crippen LogP contribution in [0.2, 0.25) is 0 Å². The summed E-state index contributed by atoms with van der Waals surface area (Å²) >= 11 is 0. The molecule has 0 fully saturated rings. The van der Waals surface area contributed by atoms with Crippen molar-refractivity contribution in [3.05, 3.63) is 75.2 Å². The van der Waals surface area contributed by atoms with Crippen LogP contribution < -0.4 is 4.74 Å². The topological polar surface area (TPSA) is 119 Å². The maximum Gasteiger partial charge on any atom is 0.341 e. The first-order chi connectivity index (χ1) is 15.0. The summed E-state index contributed by atoms with van der Waals surface area (Å²) in [6, 6.07) is 8.17. The van der Waals surface area contributed by atoms with Crippen LogP contribution in [-0.4, -0.2) is 32.5 Å². The lowest BCUT2D eigenvalue weighted by Gasteiger charge is -2.20. The molecule has 10 heteroatoms. The number of carbonyl (C=O) groups is 1. The lowest BCUT2D eigenvalue weighted by Crippen LogP contribution is -2.15. The zero-order chi connectivity index (χ0) is 22.0. The number of hydrogen-bond donors (Lipinski definition) is 0. The highest BCUT2D eigenvalue weighted by molar-refractivity contribution is 5.90. The van der Waals surface area contributed by atoms with Crippen molar-refractivity contribution in [3.63, 3.8) is 0 Å². The minimum atomic E-state index is -0.585. The van der Waals surface area contributed by atoms with Crippen LogP contribution in [-0.2, 0) is 22.7 Å². The number of carbonyl (C=O) groups excluding carboxylic acids is 1. The van der Waals surface area contributed by atoms with Crippen molar-refractivity contribution in [2.75, 3.05) is 6.79 Å². The van der Waals surface area contributed by atoms with E-state index in [0.29, 0.717) is 34.0 Å². The molecule has 3 heterocycles. The molecule has 0 amide bonds. The lowest BCUT2D eigenvalue weighted by atomic mass is 10.1. The van der Waals surface area contributed by atoms with Gasteiger partial charge < -0.3 is 14.2 Å². The molecule has 3 aromatic rings. The van der Waals surface area contributed by atoms with Gasteiger partial charge in [-0.25, -0.2) is 14.5 Å². The molecule has 0 bridgehead atoms. The van der Waals surface area contributed by atoms with E-state index in [2.05, 4.69) is 10.1 Å². The third-order valence-electron chi connectivity index (χ3n) is 4.78. The zero-order valence-electron chi connectivity index (χ0n) is 17.0. The fourth-order valence-electron chi connectivity index (χ4n) is 3.45. The molecule has 1 aromatic carbocycles. The van der Waals surface area contributed by atoms with Gasteiger partial charge in [0.1, 0.15) is 17.9 Å². The number of nitrogens with zero attached hydrogens (tertiary/aromatic N) is 4. The van der Waals surface area contributed by atoms with Crippen LogP contribution in [0.3, 0.4) is 0 Å². The zero-order valence-corrected chi connectivity index (χ0v) is 17.0. The van der Waals surface area contributed by atoms with Gasteiger partial charge in [-0.3, -0.25) is 10.1 Å². The van der Waals surface area contributed by atoms with E-state index in [1.54, 1.807) is 23.0 Å². The molecule has 0 saturated heterocycles. The first-order valence-electron chi connectivity index (χ1n) is 9.63.